The normalized spacial score (nSPS) is 10.7. The number of anilines is 3. The van der Waals surface area contributed by atoms with Crippen LogP contribution in [0, 0.1) is 0 Å². The second-order valence-corrected chi connectivity index (χ2v) is 6.98. The third-order valence-electron chi connectivity index (χ3n) is 4.10. The summed E-state index contributed by atoms with van der Waals surface area (Å²) < 4.78 is 1.98. The highest BCUT2D eigenvalue weighted by atomic mass is 32.1. The molecule has 0 aliphatic rings. The molecule has 0 aliphatic carbocycles. The van der Waals surface area contributed by atoms with Gasteiger partial charge in [0.25, 0.3) is 0 Å². The van der Waals surface area contributed by atoms with E-state index in [-0.39, 0.29) is 0 Å². The van der Waals surface area contributed by atoms with Crippen LogP contribution in [0.1, 0.15) is 0 Å². The third kappa shape index (κ3) is 3.45. The van der Waals surface area contributed by atoms with Gasteiger partial charge in [0.1, 0.15) is 0 Å². The monoisotopic (exact) mass is 361 g/mol. The lowest BCUT2D eigenvalue weighted by molar-refractivity contribution is 1.06. The van der Waals surface area contributed by atoms with Gasteiger partial charge in [-0.15, -0.1) is 11.3 Å². The summed E-state index contributed by atoms with van der Waals surface area (Å²) in [5.41, 5.74) is 5.36. The van der Waals surface area contributed by atoms with Crippen molar-refractivity contribution >= 4 is 27.8 Å². The molecule has 0 unspecified atom stereocenters. The first-order chi connectivity index (χ1) is 12.7. The van der Waals surface area contributed by atoms with Crippen LogP contribution in [0.25, 0.3) is 16.9 Å². The molecule has 2 aromatic carbocycles. The van der Waals surface area contributed by atoms with Crippen molar-refractivity contribution in [2.75, 3.05) is 24.3 Å². The van der Waals surface area contributed by atoms with E-state index in [1.165, 1.54) is 5.69 Å². The molecule has 2 heterocycles. The molecule has 0 spiro atoms. The van der Waals surface area contributed by atoms with Crippen molar-refractivity contribution in [3.8, 4) is 16.9 Å². The Bertz CT molecular complexity index is 970. The molecule has 0 fully saturated rings. The number of thiazole rings is 1. The molecule has 0 aliphatic heterocycles. The van der Waals surface area contributed by atoms with Crippen LogP contribution in [0.15, 0.2) is 72.6 Å². The second kappa shape index (κ2) is 7.01. The summed E-state index contributed by atoms with van der Waals surface area (Å²) in [7, 11) is 4.07. The first kappa shape index (κ1) is 16.4. The molecule has 0 saturated heterocycles. The van der Waals surface area contributed by atoms with Crippen LogP contribution >= 0.6 is 11.3 Å². The van der Waals surface area contributed by atoms with Gasteiger partial charge in [-0.2, -0.15) is 0 Å². The van der Waals surface area contributed by atoms with Gasteiger partial charge >= 0.3 is 0 Å². The van der Waals surface area contributed by atoms with Gasteiger partial charge in [0.15, 0.2) is 5.13 Å². The van der Waals surface area contributed by atoms with Crippen LogP contribution in [0.3, 0.4) is 0 Å². The topological polar surface area (TPSA) is 46.0 Å². The Morgan fingerprint density at radius 1 is 1.00 bits per heavy atom. The van der Waals surface area contributed by atoms with Gasteiger partial charge < -0.3 is 14.8 Å². The molecule has 4 rings (SSSR count). The number of hydrogen-bond acceptors (Lipinski definition) is 5. The summed E-state index contributed by atoms with van der Waals surface area (Å²) >= 11 is 1.60. The molecular formula is C20H19N5S. The van der Waals surface area contributed by atoms with Gasteiger partial charge in [0, 0.05) is 54.5 Å². The number of hydrogen-bond donors (Lipinski definition) is 1. The first-order valence-corrected chi connectivity index (χ1v) is 9.16. The van der Waals surface area contributed by atoms with Crippen LogP contribution in [0.2, 0.25) is 0 Å². The quantitative estimate of drug-likeness (QED) is 0.554. The summed E-state index contributed by atoms with van der Waals surface area (Å²) in [6.45, 7) is 0. The van der Waals surface area contributed by atoms with E-state index in [2.05, 4.69) is 69.1 Å². The van der Waals surface area contributed by atoms with E-state index < -0.39 is 0 Å². The van der Waals surface area contributed by atoms with Crippen molar-refractivity contribution in [1.82, 2.24) is 14.5 Å². The molecule has 26 heavy (non-hydrogen) atoms. The summed E-state index contributed by atoms with van der Waals surface area (Å²) in [4.78, 5) is 10.9. The third-order valence-corrected chi connectivity index (χ3v) is 4.86. The molecule has 130 valence electrons. The molecule has 0 bridgehead atoms. The standard InChI is InChI=1S/C20H19N5S/c1-24(2)17-9-5-16(6-10-17)22-20-23-19(13-26-20)15-3-7-18(8-4-15)25-12-11-21-14-25/h3-14H,1-2H3,(H,22,23). The minimum atomic E-state index is 0.885. The smallest absolute Gasteiger partial charge is 0.187 e. The van der Waals surface area contributed by atoms with Crippen molar-refractivity contribution in [2.45, 2.75) is 0 Å². The Labute approximate surface area is 156 Å². The lowest BCUT2D eigenvalue weighted by atomic mass is 10.1. The van der Waals surface area contributed by atoms with Crippen molar-refractivity contribution in [3.63, 3.8) is 0 Å². The lowest BCUT2D eigenvalue weighted by Crippen LogP contribution is -2.08. The Kier molecular flexibility index (Phi) is 4.41. The zero-order chi connectivity index (χ0) is 17.9. The predicted molar refractivity (Wildman–Crippen MR) is 109 cm³/mol. The summed E-state index contributed by atoms with van der Waals surface area (Å²) in [6, 6.07) is 16.6. The number of nitrogens with one attached hydrogen (secondary N) is 1. The van der Waals surface area contributed by atoms with Gasteiger partial charge in [0.2, 0.25) is 0 Å². The maximum atomic E-state index is 4.70. The highest BCUT2D eigenvalue weighted by Crippen LogP contribution is 2.28. The fourth-order valence-corrected chi connectivity index (χ4v) is 3.39. The average Bonchev–Trinajstić information content (AvgIpc) is 3.34. The Morgan fingerprint density at radius 2 is 1.77 bits per heavy atom. The van der Waals surface area contributed by atoms with E-state index in [9.17, 15) is 0 Å². The molecule has 4 aromatic rings. The number of benzene rings is 2. The number of imidazole rings is 1. The number of rotatable bonds is 5. The van der Waals surface area contributed by atoms with Crippen LogP contribution in [0.4, 0.5) is 16.5 Å². The van der Waals surface area contributed by atoms with Crippen LogP contribution < -0.4 is 10.2 Å². The molecule has 5 nitrogen and oxygen atoms in total. The summed E-state index contributed by atoms with van der Waals surface area (Å²) in [5.74, 6) is 0. The molecule has 0 saturated carbocycles. The maximum Gasteiger partial charge on any atom is 0.187 e. The van der Waals surface area contributed by atoms with Gasteiger partial charge in [-0.25, -0.2) is 9.97 Å². The zero-order valence-electron chi connectivity index (χ0n) is 14.6. The fourth-order valence-electron chi connectivity index (χ4n) is 2.65. The van der Waals surface area contributed by atoms with Crippen LogP contribution in [0.5, 0.6) is 0 Å². The SMILES string of the molecule is CN(C)c1ccc(Nc2nc(-c3ccc(-n4ccnc4)cc3)cs2)cc1. The van der Waals surface area contributed by atoms with Crippen molar-refractivity contribution in [1.29, 1.82) is 0 Å². The molecule has 2 aromatic heterocycles. The molecule has 0 amide bonds. The molecule has 0 radical (unpaired) electrons. The number of aromatic nitrogens is 3. The minimum absolute atomic E-state index is 0.885. The van der Waals surface area contributed by atoms with E-state index in [1.807, 2.05) is 24.9 Å². The highest BCUT2D eigenvalue weighted by molar-refractivity contribution is 7.14. The Morgan fingerprint density at radius 3 is 2.42 bits per heavy atom. The van der Waals surface area contributed by atoms with Gasteiger partial charge in [0.05, 0.1) is 12.0 Å². The summed E-state index contributed by atoms with van der Waals surface area (Å²) in [5, 5.41) is 6.33. The van der Waals surface area contributed by atoms with Crippen molar-refractivity contribution < 1.29 is 0 Å². The van der Waals surface area contributed by atoms with E-state index in [4.69, 9.17) is 4.98 Å². The van der Waals surface area contributed by atoms with Gasteiger partial charge in [-0.05, 0) is 36.4 Å². The fraction of sp³-hybridized carbons (Fsp3) is 0.100. The van der Waals surface area contributed by atoms with Crippen LogP contribution in [-0.4, -0.2) is 28.6 Å². The zero-order valence-corrected chi connectivity index (χ0v) is 15.4. The average molecular weight is 361 g/mol. The molecular weight excluding hydrogens is 342 g/mol. The Balaban J connectivity index is 1.49. The Hall–Kier alpha value is -3.12. The largest absolute Gasteiger partial charge is 0.378 e. The molecule has 0 atom stereocenters. The van der Waals surface area contributed by atoms with E-state index in [0.29, 0.717) is 0 Å². The second-order valence-electron chi connectivity index (χ2n) is 6.12. The van der Waals surface area contributed by atoms with Crippen molar-refractivity contribution in [3.05, 3.63) is 72.6 Å². The predicted octanol–water partition coefficient (Wildman–Crippen LogP) is 4.81. The van der Waals surface area contributed by atoms with E-state index in [0.717, 1.165) is 27.8 Å². The van der Waals surface area contributed by atoms with E-state index >= 15 is 0 Å². The van der Waals surface area contributed by atoms with Gasteiger partial charge in [-0.1, -0.05) is 12.1 Å². The first-order valence-electron chi connectivity index (χ1n) is 8.28. The van der Waals surface area contributed by atoms with Gasteiger partial charge in [-0.3, -0.25) is 0 Å². The number of nitrogens with zero attached hydrogens (tertiary/aromatic N) is 4. The summed E-state index contributed by atoms with van der Waals surface area (Å²) in [6.07, 6.45) is 5.50. The molecule has 1 N–H and O–H groups in total. The van der Waals surface area contributed by atoms with E-state index in [1.54, 1.807) is 23.9 Å². The lowest BCUT2D eigenvalue weighted by Gasteiger charge is -2.12. The maximum absolute atomic E-state index is 4.70. The molecule has 6 heteroatoms. The highest BCUT2D eigenvalue weighted by Gasteiger charge is 2.06. The van der Waals surface area contributed by atoms with Crippen LogP contribution in [-0.2, 0) is 0 Å². The van der Waals surface area contributed by atoms with Crippen molar-refractivity contribution in [2.24, 2.45) is 0 Å². The minimum Gasteiger partial charge on any atom is -0.378 e.